The number of carbonyl (C=O) groups excluding carboxylic acids is 2. The molecular formula is C22H27N3O3. The monoisotopic (exact) mass is 381 g/mol. The summed E-state index contributed by atoms with van der Waals surface area (Å²) in [6, 6.07) is 3.99. The van der Waals surface area contributed by atoms with E-state index in [9.17, 15) is 9.59 Å². The highest BCUT2D eigenvalue weighted by molar-refractivity contribution is 5.80. The molecule has 1 aliphatic carbocycles. The van der Waals surface area contributed by atoms with Gasteiger partial charge in [-0.1, -0.05) is 25.1 Å². The third-order valence-electron chi connectivity index (χ3n) is 6.15. The number of hydrogen-bond donors (Lipinski definition) is 0. The first kappa shape index (κ1) is 18.7. The van der Waals surface area contributed by atoms with Crippen LogP contribution < -0.4 is 0 Å². The second kappa shape index (κ2) is 7.41. The topological polar surface area (TPSA) is 63.9 Å². The van der Waals surface area contributed by atoms with Crippen LogP contribution in [0.5, 0.6) is 0 Å². The van der Waals surface area contributed by atoms with E-state index >= 15 is 0 Å². The highest BCUT2D eigenvalue weighted by Gasteiger charge is 2.45. The molecule has 148 valence electrons. The molecule has 4 rings (SSSR count). The zero-order valence-electron chi connectivity index (χ0n) is 16.7. The van der Waals surface area contributed by atoms with Crippen molar-refractivity contribution in [1.29, 1.82) is 0 Å². The maximum Gasteiger partial charge on any atom is 0.309 e. The molecule has 1 fully saturated rings. The first-order chi connectivity index (χ1) is 13.5. The Morgan fingerprint density at radius 2 is 2.11 bits per heavy atom. The number of aryl methyl sites for hydroxylation is 1. The van der Waals surface area contributed by atoms with Crippen LogP contribution >= 0.6 is 0 Å². The van der Waals surface area contributed by atoms with Gasteiger partial charge in [0.2, 0.25) is 5.91 Å². The van der Waals surface area contributed by atoms with Gasteiger partial charge in [0.25, 0.3) is 0 Å². The molecule has 6 heteroatoms. The zero-order chi connectivity index (χ0) is 19.8. The molecule has 28 heavy (non-hydrogen) atoms. The standard InChI is InChI=1S/C22H27N3O3/c1-4-28-22(27)20-14(2)7-8-16-12-24(13-18(16)20)19(26)10-17-11-23-21-15(3)6-5-9-25(17)21/h5-9,11,14,16,18,20H,4,10,12-13H2,1-3H3/t14-,16-,18-,20-/m0/s1. The van der Waals surface area contributed by atoms with E-state index in [-0.39, 0.29) is 35.5 Å². The number of esters is 1. The van der Waals surface area contributed by atoms with Gasteiger partial charge in [0, 0.05) is 25.5 Å². The molecule has 0 bridgehead atoms. The molecule has 0 radical (unpaired) electrons. The van der Waals surface area contributed by atoms with Crippen LogP contribution in [0.1, 0.15) is 25.1 Å². The van der Waals surface area contributed by atoms with Crippen molar-refractivity contribution < 1.29 is 14.3 Å². The molecule has 0 N–H and O–H groups in total. The van der Waals surface area contributed by atoms with Gasteiger partial charge in [-0.25, -0.2) is 4.98 Å². The van der Waals surface area contributed by atoms with Gasteiger partial charge in [0.05, 0.1) is 24.6 Å². The van der Waals surface area contributed by atoms with Crippen molar-refractivity contribution in [1.82, 2.24) is 14.3 Å². The van der Waals surface area contributed by atoms with Crippen molar-refractivity contribution in [2.45, 2.75) is 27.2 Å². The van der Waals surface area contributed by atoms with Crippen molar-refractivity contribution in [3.63, 3.8) is 0 Å². The number of likely N-dealkylation sites (tertiary alicyclic amines) is 1. The Kier molecular flexibility index (Phi) is 4.96. The number of imidazole rings is 1. The molecule has 1 aliphatic heterocycles. The van der Waals surface area contributed by atoms with E-state index in [0.717, 1.165) is 16.9 Å². The van der Waals surface area contributed by atoms with Gasteiger partial charge < -0.3 is 14.0 Å². The number of amides is 1. The number of carbonyl (C=O) groups is 2. The van der Waals surface area contributed by atoms with Gasteiger partial charge in [-0.15, -0.1) is 0 Å². The fourth-order valence-electron chi connectivity index (χ4n) is 4.70. The lowest BCUT2D eigenvalue weighted by Crippen LogP contribution is -2.37. The van der Waals surface area contributed by atoms with Crippen molar-refractivity contribution in [3.8, 4) is 0 Å². The summed E-state index contributed by atoms with van der Waals surface area (Å²) in [5.41, 5.74) is 2.87. The van der Waals surface area contributed by atoms with Gasteiger partial charge >= 0.3 is 5.97 Å². The Morgan fingerprint density at radius 3 is 2.89 bits per heavy atom. The predicted molar refractivity (Wildman–Crippen MR) is 106 cm³/mol. The average molecular weight is 381 g/mol. The van der Waals surface area contributed by atoms with E-state index in [1.807, 2.05) is 41.5 Å². The first-order valence-electron chi connectivity index (χ1n) is 10.0. The van der Waals surface area contributed by atoms with Gasteiger partial charge in [-0.05, 0) is 43.2 Å². The number of nitrogens with zero attached hydrogens (tertiary/aromatic N) is 3. The van der Waals surface area contributed by atoms with Crippen LogP contribution in [0.4, 0.5) is 0 Å². The normalized spacial score (nSPS) is 26.5. The maximum atomic E-state index is 13.0. The average Bonchev–Trinajstić information content (AvgIpc) is 3.27. The smallest absolute Gasteiger partial charge is 0.309 e. The van der Waals surface area contributed by atoms with Gasteiger partial charge in [0.15, 0.2) is 0 Å². The molecule has 0 unspecified atom stereocenters. The molecule has 2 aliphatic rings. The third kappa shape index (κ3) is 3.21. The molecule has 1 amide bonds. The van der Waals surface area contributed by atoms with E-state index in [2.05, 4.69) is 24.1 Å². The number of rotatable bonds is 4. The number of hydrogen-bond acceptors (Lipinski definition) is 4. The highest BCUT2D eigenvalue weighted by Crippen LogP contribution is 2.40. The van der Waals surface area contributed by atoms with Crippen LogP contribution in [0.25, 0.3) is 5.65 Å². The Morgan fingerprint density at radius 1 is 1.29 bits per heavy atom. The second-order valence-corrected chi connectivity index (χ2v) is 7.96. The van der Waals surface area contributed by atoms with E-state index in [1.54, 1.807) is 6.20 Å². The van der Waals surface area contributed by atoms with E-state index < -0.39 is 0 Å². The number of allylic oxidation sites excluding steroid dienone is 1. The van der Waals surface area contributed by atoms with Gasteiger partial charge in [0.1, 0.15) is 5.65 Å². The van der Waals surface area contributed by atoms with E-state index in [4.69, 9.17) is 4.74 Å². The lowest BCUT2D eigenvalue weighted by Gasteiger charge is -2.31. The molecule has 4 atom stereocenters. The van der Waals surface area contributed by atoms with E-state index in [0.29, 0.717) is 26.1 Å². The summed E-state index contributed by atoms with van der Waals surface area (Å²) in [6.45, 7) is 7.57. The molecule has 2 aromatic heterocycles. The third-order valence-corrected chi connectivity index (χ3v) is 6.15. The lowest BCUT2D eigenvalue weighted by atomic mass is 9.72. The summed E-state index contributed by atoms with van der Waals surface area (Å²) in [6.07, 6.45) is 8.32. The number of pyridine rings is 1. The first-order valence-corrected chi connectivity index (χ1v) is 10.0. The quantitative estimate of drug-likeness (QED) is 0.603. The van der Waals surface area contributed by atoms with Crippen molar-refractivity contribution in [3.05, 3.63) is 47.9 Å². The zero-order valence-corrected chi connectivity index (χ0v) is 16.7. The molecule has 3 heterocycles. The summed E-state index contributed by atoms with van der Waals surface area (Å²) >= 11 is 0. The van der Waals surface area contributed by atoms with E-state index in [1.165, 1.54) is 0 Å². The lowest BCUT2D eigenvalue weighted by molar-refractivity contribution is -0.152. The fourth-order valence-corrected chi connectivity index (χ4v) is 4.70. The Bertz CT molecular complexity index is 932. The molecule has 1 saturated heterocycles. The predicted octanol–water partition coefficient (Wildman–Crippen LogP) is 2.65. The van der Waals surface area contributed by atoms with Crippen LogP contribution in [0.15, 0.2) is 36.7 Å². The summed E-state index contributed by atoms with van der Waals surface area (Å²) < 4.78 is 7.30. The minimum Gasteiger partial charge on any atom is -0.466 e. The maximum absolute atomic E-state index is 13.0. The molecule has 0 spiro atoms. The SMILES string of the molecule is CCOC(=O)[C@@H]1[C@H]2CN(C(=O)Cc3cnc4c(C)cccn34)C[C@@H]2C=C[C@@H]1C. The fraction of sp³-hybridized carbons (Fsp3) is 0.500. The molecule has 6 nitrogen and oxygen atoms in total. The molecule has 2 aromatic rings. The van der Waals surface area contributed by atoms with Crippen LogP contribution in [0.2, 0.25) is 0 Å². The van der Waals surface area contributed by atoms with Gasteiger partial charge in [-0.2, -0.15) is 0 Å². The molecule has 0 aromatic carbocycles. The van der Waals surface area contributed by atoms with Crippen molar-refractivity contribution in [2.24, 2.45) is 23.7 Å². The summed E-state index contributed by atoms with van der Waals surface area (Å²) in [7, 11) is 0. The summed E-state index contributed by atoms with van der Waals surface area (Å²) in [5, 5.41) is 0. The van der Waals surface area contributed by atoms with Crippen LogP contribution in [-0.2, 0) is 20.7 Å². The minimum absolute atomic E-state index is 0.0846. The van der Waals surface area contributed by atoms with Crippen molar-refractivity contribution in [2.75, 3.05) is 19.7 Å². The van der Waals surface area contributed by atoms with Gasteiger partial charge in [-0.3, -0.25) is 9.59 Å². The Hall–Kier alpha value is -2.63. The minimum atomic E-state index is -0.175. The summed E-state index contributed by atoms with van der Waals surface area (Å²) in [4.78, 5) is 31.9. The van der Waals surface area contributed by atoms with Crippen LogP contribution in [0, 0.1) is 30.6 Å². The Labute approximate surface area is 165 Å². The highest BCUT2D eigenvalue weighted by atomic mass is 16.5. The van der Waals surface area contributed by atoms with Crippen LogP contribution in [0.3, 0.4) is 0 Å². The number of fused-ring (bicyclic) bond motifs is 2. The molecular weight excluding hydrogens is 354 g/mol. The molecule has 0 saturated carbocycles. The van der Waals surface area contributed by atoms with Crippen molar-refractivity contribution >= 4 is 17.5 Å². The van der Waals surface area contributed by atoms with Crippen LogP contribution in [-0.4, -0.2) is 45.9 Å². The number of ether oxygens (including phenoxy) is 1. The number of aromatic nitrogens is 2. The second-order valence-electron chi connectivity index (χ2n) is 7.96. The Balaban J connectivity index is 1.50. The largest absolute Gasteiger partial charge is 0.466 e. The summed E-state index contributed by atoms with van der Waals surface area (Å²) in [5.74, 6) is 0.261.